The summed E-state index contributed by atoms with van der Waals surface area (Å²) in [4.78, 5) is 16.0. The van der Waals surface area contributed by atoms with Crippen LogP contribution in [-0.4, -0.2) is 29.6 Å². The van der Waals surface area contributed by atoms with Crippen LogP contribution in [-0.2, 0) is 11.3 Å². The molecule has 0 radical (unpaired) electrons. The molecular formula is C11H18ClN3O2S. The molecule has 2 unspecified atom stereocenters. The molecule has 1 aromatic heterocycles. The number of halogens is 1. The fraction of sp³-hybridized carbons (Fsp3) is 0.636. The van der Waals surface area contributed by atoms with Gasteiger partial charge in [0.2, 0.25) is 0 Å². The maximum atomic E-state index is 11.9. The van der Waals surface area contributed by atoms with Gasteiger partial charge in [0.25, 0.3) is 5.91 Å². The van der Waals surface area contributed by atoms with Gasteiger partial charge in [0.1, 0.15) is 10.7 Å². The molecule has 1 amide bonds. The highest BCUT2D eigenvalue weighted by Crippen LogP contribution is 2.16. The van der Waals surface area contributed by atoms with Gasteiger partial charge in [0, 0.05) is 18.5 Å². The number of nitrogens with one attached hydrogen (secondary N) is 1. The molecule has 1 saturated heterocycles. The second-order valence-electron chi connectivity index (χ2n) is 4.14. The Morgan fingerprint density at radius 1 is 1.78 bits per heavy atom. The van der Waals surface area contributed by atoms with E-state index in [1.165, 1.54) is 11.3 Å². The Bertz CT molecular complexity index is 393. The third-order valence-corrected chi connectivity index (χ3v) is 3.71. The van der Waals surface area contributed by atoms with Crippen molar-refractivity contribution < 1.29 is 9.53 Å². The van der Waals surface area contributed by atoms with Gasteiger partial charge in [-0.05, 0) is 19.8 Å². The normalized spacial score (nSPS) is 20.2. The molecular weight excluding hydrogens is 274 g/mol. The molecule has 0 spiro atoms. The number of aromatic nitrogens is 1. The summed E-state index contributed by atoms with van der Waals surface area (Å²) in [6, 6.07) is 0.0213. The van der Waals surface area contributed by atoms with Crippen LogP contribution in [0.25, 0.3) is 0 Å². The van der Waals surface area contributed by atoms with E-state index in [1.807, 2.05) is 6.92 Å². The van der Waals surface area contributed by atoms with Gasteiger partial charge in [-0.1, -0.05) is 0 Å². The predicted molar refractivity (Wildman–Crippen MR) is 73.2 cm³/mol. The van der Waals surface area contributed by atoms with E-state index in [4.69, 9.17) is 10.5 Å². The lowest BCUT2D eigenvalue weighted by atomic mass is 10.1. The molecule has 0 saturated carbocycles. The van der Waals surface area contributed by atoms with Crippen molar-refractivity contribution in [1.82, 2.24) is 10.3 Å². The molecule has 0 bridgehead atoms. The standard InChI is InChI=1S/C11H17N3O2S.ClH/c1-7(9-3-2-4-16-9)13-11(15)8-6-17-10(5-12)14-8;/h6-7,9H,2-5,12H2,1H3,(H,13,15);1H. The van der Waals surface area contributed by atoms with Gasteiger partial charge >= 0.3 is 0 Å². The number of hydrogen-bond acceptors (Lipinski definition) is 5. The summed E-state index contributed by atoms with van der Waals surface area (Å²) >= 11 is 1.41. The zero-order valence-electron chi connectivity index (χ0n) is 10.2. The maximum Gasteiger partial charge on any atom is 0.271 e. The smallest absolute Gasteiger partial charge is 0.271 e. The van der Waals surface area contributed by atoms with Crippen molar-refractivity contribution in [2.45, 2.75) is 38.5 Å². The number of hydrogen-bond donors (Lipinski definition) is 2. The highest BCUT2D eigenvalue weighted by atomic mass is 35.5. The second kappa shape index (κ2) is 7.04. The minimum Gasteiger partial charge on any atom is -0.376 e. The number of rotatable bonds is 4. The van der Waals surface area contributed by atoms with Crippen LogP contribution >= 0.6 is 23.7 Å². The largest absolute Gasteiger partial charge is 0.376 e. The number of carbonyl (C=O) groups is 1. The van der Waals surface area contributed by atoms with Crippen molar-refractivity contribution >= 4 is 29.7 Å². The maximum absolute atomic E-state index is 11.9. The summed E-state index contributed by atoms with van der Waals surface area (Å²) < 4.78 is 5.53. The summed E-state index contributed by atoms with van der Waals surface area (Å²) in [6.07, 6.45) is 2.21. The Morgan fingerprint density at radius 2 is 2.56 bits per heavy atom. The molecule has 3 N–H and O–H groups in total. The topological polar surface area (TPSA) is 77.2 Å². The number of nitrogens with two attached hydrogens (primary N) is 1. The third kappa shape index (κ3) is 3.65. The van der Waals surface area contributed by atoms with Crippen LogP contribution in [0, 0.1) is 0 Å². The Hall–Kier alpha value is -0.690. The summed E-state index contributed by atoms with van der Waals surface area (Å²) in [5.41, 5.74) is 5.91. The first kappa shape index (κ1) is 15.4. The second-order valence-corrected chi connectivity index (χ2v) is 5.09. The zero-order valence-corrected chi connectivity index (χ0v) is 11.9. The third-order valence-electron chi connectivity index (χ3n) is 2.84. The Labute approximate surface area is 117 Å². The van der Waals surface area contributed by atoms with Gasteiger partial charge in [0.05, 0.1) is 12.1 Å². The van der Waals surface area contributed by atoms with Crippen LogP contribution in [0.3, 0.4) is 0 Å². The first-order valence-electron chi connectivity index (χ1n) is 5.77. The van der Waals surface area contributed by atoms with Crippen LogP contribution in [0.15, 0.2) is 5.38 Å². The molecule has 2 atom stereocenters. The van der Waals surface area contributed by atoms with E-state index in [-0.39, 0.29) is 30.5 Å². The fourth-order valence-corrected chi connectivity index (χ4v) is 2.53. The Kier molecular flexibility index (Phi) is 6.01. The van der Waals surface area contributed by atoms with Crippen molar-refractivity contribution in [3.05, 3.63) is 16.1 Å². The predicted octanol–water partition coefficient (Wildman–Crippen LogP) is 1.32. The van der Waals surface area contributed by atoms with Crippen LogP contribution in [0.4, 0.5) is 0 Å². The van der Waals surface area contributed by atoms with Crippen molar-refractivity contribution in [2.75, 3.05) is 6.61 Å². The monoisotopic (exact) mass is 291 g/mol. The SMILES string of the molecule is CC(NC(=O)c1csc(CN)n1)C1CCCO1.Cl. The van der Waals surface area contributed by atoms with Crippen LogP contribution in [0.1, 0.15) is 35.3 Å². The van der Waals surface area contributed by atoms with E-state index in [0.717, 1.165) is 24.5 Å². The zero-order chi connectivity index (χ0) is 12.3. The van der Waals surface area contributed by atoms with Crippen LogP contribution < -0.4 is 11.1 Å². The van der Waals surface area contributed by atoms with E-state index in [2.05, 4.69) is 10.3 Å². The first-order chi connectivity index (χ1) is 8.20. The molecule has 1 aromatic rings. The first-order valence-corrected chi connectivity index (χ1v) is 6.65. The van der Waals surface area contributed by atoms with Gasteiger partial charge < -0.3 is 15.8 Å². The summed E-state index contributed by atoms with van der Waals surface area (Å²) in [7, 11) is 0. The van der Waals surface area contributed by atoms with E-state index in [9.17, 15) is 4.79 Å². The number of thiazole rings is 1. The molecule has 0 aromatic carbocycles. The van der Waals surface area contributed by atoms with Gasteiger partial charge in [0.15, 0.2) is 0 Å². The minimum absolute atomic E-state index is 0. The Morgan fingerprint density at radius 3 is 3.11 bits per heavy atom. The number of nitrogens with zero attached hydrogens (tertiary/aromatic N) is 1. The highest BCUT2D eigenvalue weighted by Gasteiger charge is 2.24. The Balaban J connectivity index is 0.00000162. The molecule has 2 heterocycles. The molecule has 102 valence electrons. The summed E-state index contributed by atoms with van der Waals surface area (Å²) in [5, 5.41) is 5.43. The average Bonchev–Trinajstić information content (AvgIpc) is 3.00. The quantitative estimate of drug-likeness (QED) is 0.877. The van der Waals surface area contributed by atoms with Gasteiger partial charge in [-0.2, -0.15) is 0 Å². The van der Waals surface area contributed by atoms with E-state index < -0.39 is 0 Å². The van der Waals surface area contributed by atoms with E-state index in [1.54, 1.807) is 5.38 Å². The lowest BCUT2D eigenvalue weighted by Crippen LogP contribution is -2.40. The molecule has 7 heteroatoms. The lowest BCUT2D eigenvalue weighted by Gasteiger charge is -2.19. The number of amides is 1. The molecule has 1 fully saturated rings. The van der Waals surface area contributed by atoms with Gasteiger partial charge in [-0.15, -0.1) is 23.7 Å². The molecule has 2 rings (SSSR count). The fourth-order valence-electron chi connectivity index (χ4n) is 1.88. The van der Waals surface area contributed by atoms with Crippen molar-refractivity contribution in [3.8, 4) is 0 Å². The van der Waals surface area contributed by atoms with Gasteiger partial charge in [-0.25, -0.2) is 4.98 Å². The molecule has 0 aliphatic carbocycles. The van der Waals surface area contributed by atoms with Gasteiger partial charge in [-0.3, -0.25) is 4.79 Å². The van der Waals surface area contributed by atoms with Crippen molar-refractivity contribution in [3.63, 3.8) is 0 Å². The van der Waals surface area contributed by atoms with E-state index in [0.29, 0.717) is 12.2 Å². The summed E-state index contributed by atoms with van der Waals surface area (Å²) in [5.74, 6) is -0.149. The lowest BCUT2D eigenvalue weighted by molar-refractivity contribution is 0.0710. The molecule has 1 aliphatic rings. The van der Waals surface area contributed by atoms with Crippen LogP contribution in [0.5, 0.6) is 0 Å². The average molecular weight is 292 g/mol. The number of ether oxygens (including phenoxy) is 1. The molecule has 1 aliphatic heterocycles. The molecule has 18 heavy (non-hydrogen) atoms. The summed E-state index contributed by atoms with van der Waals surface area (Å²) in [6.45, 7) is 3.13. The number of carbonyl (C=O) groups excluding carboxylic acids is 1. The van der Waals surface area contributed by atoms with Crippen molar-refractivity contribution in [1.29, 1.82) is 0 Å². The van der Waals surface area contributed by atoms with Crippen molar-refractivity contribution in [2.24, 2.45) is 5.73 Å². The minimum atomic E-state index is -0.149. The highest BCUT2D eigenvalue weighted by molar-refractivity contribution is 7.09. The van der Waals surface area contributed by atoms with Crippen LogP contribution in [0.2, 0.25) is 0 Å². The van der Waals surface area contributed by atoms with E-state index >= 15 is 0 Å². The molecule has 5 nitrogen and oxygen atoms in total.